The predicted octanol–water partition coefficient (Wildman–Crippen LogP) is 3.95. The van der Waals surface area contributed by atoms with E-state index < -0.39 is 28.5 Å². The van der Waals surface area contributed by atoms with Crippen molar-refractivity contribution in [2.45, 2.75) is 33.4 Å². The van der Waals surface area contributed by atoms with Crippen LogP contribution in [-0.4, -0.2) is 50.5 Å². The fraction of sp³-hybridized carbons (Fsp3) is 0.391. The Morgan fingerprint density at radius 2 is 1.70 bits per heavy atom. The summed E-state index contributed by atoms with van der Waals surface area (Å²) in [5.41, 5.74) is 0.901. The molecule has 0 heterocycles. The van der Waals surface area contributed by atoms with Crippen molar-refractivity contribution in [3.8, 4) is 0 Å². The number of nitrogens with zero attached hydrogens (tertiary/aromatic N) is 2. The number of hydrogen-bond donors (Lipinski definition) is 1. The van der Waals surface area contributed by atoms with Crippen LogP contribution < -0.4 is 9.62 Å². The molecule has 0 aromatic heterocycles. The van der Waals surface area contributed by atoms with Crippen LogP contribution in [-0.2, 0) is 26.2 Å². The first kappa shape index (κ1) is 27.0. The predicted molar refractivity (Wildman–Crippen MR) is 133 cm³/mol. The number of carbonyl (C=O) groups excluding carboxylic acids is 2. The van der Waals surface area contributed by atoms with Gasteiger partial charge in [0, 0.05) is 23.1 Å². The van der Waals surface area contributed by atoms with Gasteiger partial charge in [0.05, 0.1) is 11.9 Å². The summed E-state index contributed by atoms with van der Waals surface area (Å²) in [6.07, 6.45) is 1.01. The van der Waals surface area contributed by atoms with E-state index >= 15 is 0 Å². The van der Waals surface area contributed by atoms with Crippen LogP contribution in [0.5, 0.6) is 0 Å². The molecule has 1 atom stereocenters. The summed E-state index contributed by atoms with van der Waals surface area (Å²) in [4.78, 5) is 27.5. The minimum atomic E-state index is -3.81. The quantitative estimate of drug-likeness (QED) is 0.520. The average Bonchev–Trinajstić information content (AvgIpc) is 2.73. The van der Waals surface area contributed by atoms with Gasteiger partial charge in [0.25, 0.3) is 0 Å². The lowest BCUT2D eigenvalue weighted by Crippen LogP contribution is -2.51. The van der Waals surface area contributed by atoms with Crippen LogP contribution in [0.25, 0.3) is 0 Å². The molecular weight excluding hydrogens is 485 g/mol. The van der Waals surface area contributed by atoms with Gasteiger partial charge in [-0.25, -0.2) is 8.42 Å². The zero-order valence-corrected chi connectivity index (χ0v) is 21.4. The maximum atomic E-state index is 13.4. The molecule has 0 bridgehead atoms. The van der Waals surface area contributed by atoms with Crippen LogP contribution in [0.4, 0.5) is 5.69 Å². The lowest BCUT2D eigenvalue weighted by atomic mass is 10.1. The summed E-state index contributed by atoms with van der Waals surface area (Å²) in [6, 6.07) is 12.4. The molecule has 0 aliphatic heterocycles. The molecule has 2 rings (SSSR count). The molecule has 180 valence electrons. The Balaban J connectivity index is 2.38. The second-order valence-electron chi connectivity index (χ2n) is 8.18. The third-order valence-electron chi connectivity index (χ3n) is 4.93. The molecule has 0 spiro atoms. The Bertz CT molecular complexity index is 1090. The number of benzene rings is 2. The van der Waals surface area contributed by atoms with Crippen LogP contribution in [0.2, 0.25) is 10.0 Å². The number of sulfonamides is 1. The molecule has 10 heteroatoms. The molecule has 2 aromatic carbocycles. The first-order chi connectivity index (χ1) is 15.4. The van der Waals surface area contributed by atoms with Gasteiger partial charge in [-0.05, 0) is 42.7 Å². The largest absolute Gasteiger partial charge is 0.354 e. The molecule has 0 aliphatic rings. The third kappa shape index (κ3) is 7.91. The standard InChI is InChI=1S/C23H29Cl2N3O4S/c1-16(2)13-26-23(30)17(3)27(14-18-8-5-6-11-21(18)25)22(29)15-28(33(4,31)32)20-10-7-9-19(24)12-20/h5-12,16-17H,13-15H2,1-4H3,(H,26,30)/t17-/m1/s1. The second-order valence-corrected chi connectivity index (χ2v) is 10.9. The van der Waals surface area contributed by atoms with Crippen molar-refractivity contribution in [2.75, 3.05) is 23.7 Å². The maximum Gasteiger partial charge on any atom is 0.244 e. The van der Waals surface area contributed by atoms with Gasteiger partial charge in [-0.15, -0.1) is 0 Å². The number of halogens is 2. The van der Waals surface area contributed by atoms with Crippen molar-refractivity contribution in [1.29, 1.82) is 0 Å². The van der Waals surface area contributed by atoms with Crippen LogP contribution in [0.3, 0.4) is 0 Å². The lowest BCUT2D eigenvalue weighted by molar-refractivity contribution is -0.139. The van der Waals surface area contributed by atoms with Gasteiger partial charge in [0.15, 0.2) is 0 Å². The molecule has 0 saturated carbocycles. The van der Waals surface area contributed by atoms with Crippen molar-refractivity contribution in [1.82, 2.24) is 10.2 Å². The number of amides is 2. The van der Waals surface area contributed by atoms with Crippen molar-refractivity contribution >= 4 is 50.7 Å². The van der Waals surface area contributed by atoms with Crippen LogP contribution >= 0.6 is 23.2 Å². The molecule has 0 saturated heterocycles. The molecule has 2 amide bonds. The van der Waals surface area contributed by atoms with E-state index in [-0.39, 0.29) is 24.1 Å². The smallest absolute Gasteiger partial charge is 0.244 e. The Kier molecular flexibility index (Phi) is 9.57. The summed E-state index contributed by atoms with van der Waals surface area (Å²) in [5.74, 6) is -0.650. The van der Waals surface area contributed by atoms with Crippen molar-refractivity contribution in [3.63, 3.8) is 0 Å². The van der Waals surface area contributed by atoms with Crippen LogP contribution in [0.1, 0.15) is 26.3 Å². The van der Waals surface area contributed by atoms with E-state index in [0.717, 1.165) is 10.6 Å². The first-order valence-corrected chi connectivity index (χ1v) is 13.0. The monoisotopic (exact) mass is 513 g/mol. The number of hydrogen-bond acceptors (Lipinski definition) is 4. The van der Waals surface area contributed by atoms with Crippen LogP contribution in [0, 0.1) is 5.92 Å². The van der Waals surface area contributed by atoms with E-state index in [4.69, 9.17) is 23.2 Å². The van der Waals surface area contributed by atoms with E-state index in [0.29, 0.717) is 22.2 Å². The van der Waals surface area contributed by atoms with E-state index in [2.05, 4.69) is 5.32 Å². The molecule has 0 unspecified atom stereocenters. The number of carbonyl (C=O) groups is 2. The average molecular weight is 514 g/mol. The van der Waals surface area contributed by atoms with Gasteiger partial charge in [-0.1, -0.05) is 61.3 Å². The molecule has 1 N–H and O–H groups in total. The fourth-order valence-electron chi connectivity index (χ4n) is 3.09. The summed E-state index contributed by atoms with van der Waals surface area (Å²) < 4.78 is 26.0. The summed E-state index contributed by atoms with van der Waals surface area (Å²) in [7, 11) is -3.81. The zero-order chi connectivity index (χ0) is 24.8. The summed E-state index contributed by atoms with van der Waals surface area (Å²) >= 11 is 12.3. The fourth-order valence-corrected chi connectivity index (χ4v) is 4.31. The molecule has 33 heavy (non-hydrogen) atoms. The molecule has 7 nitrogen and oxygen atoms in total. The number of rotatable bonds is 10. The van der Waals surface area contributed by atoms with E-state index in [9.17, 15) is 18.0 Å². The zero-order valence-electron chi connectivity index (χ0n) is 19.1. The minimum Gasteiger partial charge on any atom is -0.354 e. The molecule has 2 aromatic rings. The topological polar surface area (TPSA) is 86.8 Å². The molecule has 0 aliphatic carbocycles. The highest BCUT2D eigenvalue weighted by molar-refractivity contribution is 7.92. The first-order valence-electron chi connectivity index (χ1n) is 10.4. The van der Waals surface area contributed by atoms with E-state index in [1.54, 1.807) is 49.4 Å². The van der Waals surface area contributed by atoms with Crippen molar-refractivity contribution in [3.05, 3.63) is 64.1 Å². The third-order valence-corrected chi connectivity index (χ3v) is 6.67. The maximum absolute atomic E-state index is 13.4. The minimum absolute atomic E-state index is 0.0436. The van der Waals surface area contributed by atoms with Crippen molar-refractivity contribution < 1.29 is 18.0 Å². The summed E-state index contributed by atoms with van der Waals surface area (Å²) in [6.45, 7) is 5.54. The SMILES string of the molecule is CC(C)CNC(=O)[C@@H](C)N(Cc1ccccc1Cl)C(=O)CN(c1cccc(Cl)c1)S(C)(=O)=O. The van der Waals surface area contributed by atoms with Gasteiger partial charge < -0.3 is 10.2 Å². The Morgan fingerprint density at radius 1 is 1.03 bits per heavy atom. The van der Waals surface area contributed by atoms with Gasteiger partial charge in [-0.3, -0.25) is 13.9 Å². The number of nitrogens with one attached hydrogen (secondary N) is 1. The summed E-state index contributed by atoms with van der Waals surface area (Å²) in [5, 5.41) is 3.61. The van der Waals surface area contributed by atoms with E-state index in [1.165, 1.54) is 11.0 Å². The van der Waals surface area contributed by atoms with Gasteiger partial charge in [0.2, 0.25) is 21.8 Å². The molecule has 0 fully saturated rings. The molecule has 0 radical (unpaired) electrons. The van der Waals surface area contributed by atoms with Gasteiger partial charge >= 0.3 is 0 Å². The number of anilines is 1. The highest BCUT2D eigenvalue weighted by atomic mass is 35.5. The Hall–Kier alpha value is -2.29. The normalized spacial score (nSPS) is 12.3. The lowest BCUT2D eigenvalue weighted by Gasteiger charge is -2.31. The van der Waals surface area contributed by atoms with Crippen molar-refractivity contribution in [2.24, 2.45) is 5.92 Å². The highest BCUT2D eigenvalue weighted by Gasteiger charge is 2.30. The van der Waals surface area contributed by atoms with Gasteiger partial charge in [-0.2, -0.15) is 0 Å². The van der Waals surface area contributed by atoms with Gasteiger partial charge in [0.1, 0.15) is 12.6 Å². The van der Waals surface area contributed by atoms with Crippen LogP contribution in [0.15, 0.2) is 48.5 Å². The second kappa shape index (κ2) is 11.7. The Morgan fingerprint density at radius 3 is 2.27 bits per heavy atom. The molecular formula is C23H29Cl2N3O4S. The van der Waals surface area contributed by atoms with E-state index in [1.807, 2.05) is 13.8 Å². The highest BCUT2D eigenvalue weighted by Crippen LogP contribution is 2.23. The Labute approximate surface area is 205 Å².